The Bertz CT molecular complexity index is 609. The molecule has 2 aliphatic rings. The molecule has 1 aromatic carbocycles. The number of carbonyl (C=O) groups is 1. The largest absolute Gasteiger partial charge is 0.507 e. The number of rotatable bonds is 4. The molecule has 0 unspecified atom stereocenters. The lowest BCUT2D eigenvalue weighted by Crippen LogP contribution is -2.46. The van der Waals surface area contributed by atoms with E-state index in [1.165, 1.54) is 50.8 Å². The molecule has 6 heteroatoms. The Labute approximate surface area is 154 Å². The number of hydrogen-bond acceptors (Lipinski definition) is 4. The van der Waals surface area contributed by atoms with Crippen LogP contribution in [0.2, 0.25) is 5.02 Å². The van der Waals surface area contributed by atoms with Crippen molar-refractivity contribution in [2.75, 3.05) is 25.4 Å². The van der Waals surface area contributed by atoms with Gasteiger partial charge < -0.3 is 21.1 Å². The molecule has 0 bridgehead atoms. The van der Waals surface area contributed by atoms with E-state index in [4.69, 9.17) is 17.3 Å². The minimum Gasteiger partial charge on any atom is -0.507 e. The van der Waals surface area contributed by atoms with E-state index in [-0.39, 0.29) is 34.0 Å². The lowest BCUT2D eigenvalue weighted by Gasteiger charge is -2.35. The predicted molar refractivity (Wildman–Crippen MR) is 101 cm³/mol. The molecular formula is C19H28ClN3O2. The number of aromatic hydroxyl groups is 1. The Morgan fingerprint density at radius 1 is 1.20 bits per heavy atom. The Morgan fingerprint density at radius 3 is 2.56 bits per heavy atom. The zero-order valence-electron chi connectivity index (χ0n) is 14.6. The molecule has 1 aliphatic heterocycles. The van der Waals surface area contributed by atoms with Crippen molar-refractivity contribution in [3.63, 3.8) is 0 Å². The van der Waals surface area contributed by atoms with Crippen LogP contribution in [0.3, 0.4) is 0 Å². The highest BCUT2D eigenvalue weighted by Crippen LogP contribution is 2.28. The third-order valence-corrected chi connectivity index (χ3v) is 5.85. The van der Waals surface area contributed by atoms with Gasteiger partial charge in [-0.3, -0.25) is 4.79 Å². The fraction of sp³-hybridized carbons (Fsp3) is 0.632. The monoisotopic (exact) mass is 365 g/mol. The molecule has 0 spiro atoms. The first-order valence-electron chi connectivity index (χ1n) is 9.34. The van der Waals surface area contributed by atoms with Gasteiger partial charge in [-0.25, -0.2) is 0 Å². The van der Waals surface area contributed by atoms with Gasteiger partial charge in [-0.1, -0.05) is 30.9 Å². The van der Waals surface area contributed by atoms with Crippen LogP contribution in [0, 0.1) is 5.92 Å². The van der Waals surface area contributed by atoms with Crippen LogP contribution in [0.1, 0.15) is 55.3 Å². The van der Waals surface area contributed by atoms with Crippen LogP contribution in [-0.4, -0.2) is 41.6 Å². The number of likely N-dealkylation sites (tertiary alicyclic amines) is 1. The Kier molecular flexibility index (Phi) is 6.07. The van der Waals surface area contributed by atoms with E-state index >= 15 is 0 Å². The molecule has 1 saturated heterocycles. The van der Waals surface area contributed by atoms with E-state index in [2.05, 4.69) is 10.2 Å². The number of phenols is 1. The summed E-state index contributed by atoms with van der Waals surface area (Å²) in [4.78, 5) is 14.9. The van der Waals surface area contributed by atoms with Gasteiger partial charge in [0.05, 0.1) is 16.3 Å². The van der Waals surface area contributed by atoms with Crippen molar-refractivity contribution in [2.45, 2.75) is 51.0 Å². The standard InChI is InChI=1S/C19H28ClN3O2/c20-16-10-15(18(24)11-17(16)21)19(25)22-14-6-8-23(9-7-14)12-13-4-2-1-3-5-13/h10-11,13-14,24H,1-9,12,21H2,(H,22,25). The highest BCUT2D eigenvalue weighted by atomic mass is 35.5. The van der Waals surface area contributed by atoms with Crippen LogP contribution in [-0.2, 0) is 0 Å². The third-order valence-electron chi connectivity index (χ3n) is 5.52. The van der Waals surface area contributed by atoms with E-state index in [9.17, 15) is 9.90 Å². The molecule has 1 heterocycles. The van der Waals surface area contributed by atoms with Crippen LogP contribution in [0.5, 0.6) is 5.75 Å². The summed E-state index contributed by atoms with van der Waals surface area (Å²) in [6.45, 7) is 3.25. The minimum atomic E-state index is -0.287. The molecule has 0 radical (unpaired) electrons. The van der Waals surface area contributed by atoms with Crippen LogP contribution in [0.15, 0.2) is 12.1 Å². The Balaban J connectivity index is 1.48. The van der Waals surface area contributed by atoms with Gasteiger partial charge in [0.2, 0.25) is 0 Å². The molecule has 0 atom stereocenters. The number of nitrogens with one attached hydrogen (secondary N) is 1. The maximum Gasteiger partial charge on any atom is 0.255 e. The van der Waals surface area contributed by atoms with Crippen molar-refractivity contribution in [3.8, 4) is 5.75 Å². The smallest absolute Gasteiger partial charge is 0.255 e. The highest BCUT2D eigenvalue weighted by Gasteiger charge is 2.24. The quantitative estimate of drug-likeness (QED) is 0.714. The molecule has 1 aliphatic carbocycles. The number of nitrogens with two attached hydrogens (primary N) is 1. The van der Waals surface area contributed by atoms with Crippen LogP contribution < -0.4 is 11.1 Å². The normalized spacial score (nSPS) is 20.5. The Morgan fingerprint density at radius 2 is 1.88 bits per heavy atom. The van der Waals surface area contributed by atoms with Gasteiger partial charge in [0.1, 0.15) is 5.75 Å². The molecule has 1 amide bonds. The summed E-state index contributed by atoms with van der Waals surface area (Å²) in [7, 11) is 0. The first-order valence-corrected chi connectivity index (χ1v) is 9.72. The molecule has 1 saturated carbocycles. The summed E-state index contributed by atoms with van der Waals surface area (Å²) in [6.07, 6.45) is 8.79. The van der Waals surface area contributed by atoms with Gasteiger partial charge in [-0.2, -0.15) is 0 Å². The summed E-state index contributed by atoms with van der Waals surface area (Å²) >= 11 is 5.96. The van der Waals surface area contributed by atoms with Gasteiger partial charge >= 0.3 is 0 Å². The summed E-state index contributed by atoms with van der Waals surface area (Å²) in [5.41, 5.74) is 6.09. The van der Waals surface area contributed by atoms with Crippen LogP contribution in [0.4, 0.5) is 5.69 Å². The molecule has 0 aromatic heterocycles. The molecular weight excluding hydrogens is 338 g/mol. The van der Waals surface area contributed by atoms with E-state index < -0.39 is 0 Å². The van der Waals surface area contributed by atoms with Crippen molar-refractivity contribution in [2.24, 2.45) is 5.92 Å². The predicted octanol–water partition coefficient (Wildman–Crippen LogP) is 3.40. The number of nitrogen functional groups attached to an aromatic ring is 1. The van der Waals surface area contributed by atoms with E-state index in [0.717, 1.165) is 31.8 Å². The molecule has 25 heavy (non-hydrogen) atoms. The lowest BCUT2D eigenvalue weighted by atomic mass is 9.88. The number of piperidine rings is 1. The summed E-state index contributed by atoms with van der Waals surface area (Å²) < 4.78 is 0. The maximum atomic E-state index is 12.4. The average molecular weight is 366 g/mol. The van der Waals surface area contributed by atoms with Crippen molar-refractivity contribution >= 4 is 23.2 Å². The number of halogens is 1. The SMILES string of the molecule is Nc1cc(O)c(C(=O)NC2CCN(CC3CCCCC3)CC2)cc1Cl. The van der Waals surface area contributed by atoms with Crippen LogP contribution >= 0.6 is 11.6 Å². The fourth-order valence-corrected chi connectivity index (χ4v) is 4.18. The number of anilines is 1. The fourth-order valence-electron chi connectivity index (χ4n) is 4.02. The van der Waals surface area contributed by atoms with Gasteiger partial charge in [0, 0.05) is 31.7 Å². The lowest BCUT2D eigenvalue weighted by molar-refractivity contribution is 0.0899. The number of amides is 1. The zero-order valence-corrected chi connectivity index (χ0v) is 15.4. The molecule has 5 nitrogen and oxygen atoms in total. The number of phenolic OH excluding ortho intramolecular Hbond substituents is 1. The molecule has 138 valence electrons. The highest BCUT2D eigenvalue weighted by molar-refractivity contribution is 6.33. The molecule has 1 aromatic rings. The van der Waals surface area contributed by atoms with E-state index in [1.807, 2.05) is 0 Å². The van der Waals surface area contributed by atoms with Crippen molar-refractivity contribution < 1.29 is 9.90 Å². The molecule has 3 rings (SSSR count). The number of nitrogens with zero attached hydrogens (tertiary/aromatic N) is 1. The van der Waals surface area contributed by atoms with Crippen LogP contribution in [0.25, 0.3) is 0 Å². The van der Waals surface area contributed by atoms with E-state index in [0.29, 0.717) is 0 Å². The summed E-state index contributed by atoms with van der Waals surface area (Å²) in [5.74, 6) is 0.438. The summed E-state index contributed by atoms with van der Waals surface area (Å²) in [6, 6.07) is 2.90. The van der Waals surface area contributed by atoms with Crippen molar-refractivity contribution in [1.29, 1.82) is 0 Å². The second-order valence-electron chi connectivity index (χ2n) is 7.44. The Hall–Kier alpha value is -1.46. The first-order chi connectivity index (χ1) is 12.0. The van der Waals surface area contributed by atoms with Gasteiger partial charge in [-0.15, -0.1) is 0 Å². The molecule has 4 N–H and O–H groups in total. The zero-order chi connectivity index (χ0) is 17.8. The third kappa shape index (κ3) is 4.79. The van der Waals surface area contributed by atoms with Gasteiger partial charge in [0.15, 0.2) is 0 Å². The van der Waals surface area contributed by atoms with Crippen molar-refractivity contribution in [1.82, 2.24) is 10.2 Å². The minimum absolute atomic E-state index is 0.130. The summed E-state index contributed by atoms with van der Waals surface area (Å²) in [5, 5.41) is 13.2. The maximum absolute atomic E-state index is 12.4. The van der Waals surface area contributed by atoms with Crippen molar-refractivity contribution in [3.05, 3.63) is 22.7 Å². The first kappa shape index (κ1) is 18.3. The van der Waals surface area contributed by atoms with Gasteiger partial charge in [-0.05, 0) is 37.7 Å². The number of benzene rings is 1. The number of hydrogen-bond donors (Lipinski definition) is 3. The molecule has 2 fully saturated rings. The second-order valence-corrected chi connectivity index (χ2v) is 7.85. The topological polar surface area (TPSA) is 78.6 Å². The second kappa shape index (κ2) is 8.28. The van der Waals surface area contributed by atoms with Gasteiger partial charge in [0.25, 0.3) is 5.91 Å². The van der Waals surface area contributed by atoms with E-state index in [1.54, 1.807) is 0 Å². The number of carbonyl (C=O) groups excluding carboxylic acids is 1. The average Bonchev–Trinajstić information content (AvgIpc) is 2.60.